The van der Waals surface area contributed by atoms with Crippen LogP contribution in [0.4, 0.5) is 0 Å². The average molecular weight is 301 g/mol. The van der Waals surface area contributed by atoms with Crippen LogP contribution in [-0.4, -0.2) is 33.2 Å². The van der Waals surface area contributed by atoms with E-state index >= 15 is 0 Å². The lowest BCUT2D eigenvalue weighted by molar-refractivity contribution is -0.137. The quantitative estimate of drug-likeness (QED) is 0.728. The molecule has 1 atom stereocenters. The molecule has 0 aliphatic carbocycles. The highest BCUT2D eigenvalue weighted by Crippen LogP contribution is 2.09. The van der Waals surface area contributed by atoms with E-state index in [0.717, 1.165) is 11.3 Å². The van der Waals surface area contributed by atoms with Crippen molar-refractivity contribution in [1.29, 1.82) is 0 Å². The second kappa shape index (κ2) is 7.40. The van der Waals surface area contributed by atoms with E-state index in [1.807, 2.05) is 37.3 Å². The molecule has 22 heavy (non-hydrogen) atoms. The summed E-state index contributed by atoms with van der Waals surface area (Å²) in [6.07, 6.45) is 0.972. The Balaban J connectivity index is 2.03. The minimum Gasteiger partial charge on any atom is -0.481 e. The van der Waals surface area contributed by atoms with Gasteiger partial charge >= 0.3 is 5.97 Å². The van der Waals surface area contributed by atoms with Gasteiger partial charge in [0.1, 0.15) is 5.69 Å². The van der Waals surface area contributed by atoms with Gasteiger partial charge in [0.25, 0.3) is 5.91 Å². The lowest BCUT2D eigenvalue weighted by atomic mass is 10.0. The SMILES string of the molecule is Cc1cc(C(=O)NC(CCC(=O)O)Cc2ccccc2)n[nH]1. The number of aryl methyl sites for hydroxylation is 1. The van der Waals surface area contributed by atoms with Gasteiger partial charge in [-0.25, -0.2) is 0 Å². The van der Waals surface area contributed by atoms with Crippen LogP contribution in [0.1, 0.15) is 34.6 Å². The van der Waals surface area contributed by atoms with Crippen molar-refractivity contribution in [2.75, 3.05) is 0 Å². The number of carboxylic acids is 1. The number of hydrogen-bond acceptors (Lipinski definition) is 3. The molecule has 0 bridgehead atoms. The van der Waals surface area contributed by atoms with Crippen molar-refractivity contribution in [2.45, 2.75) is 32.2 Å². The summed E-state index contributed by atoms with van der Waals surface area (Å²) in [5.41, 5.74) is 2.16. The number of aromatic amines is 1. The van der Waals surface area contributed by atoms with Crippen molar-refractivity contribution >= 4 is 11.9 Å². The van der Waals surface area contributed by atoms with Crippen LogP contribution in [0.25, 0.3) is 0 Å². The van der Waals surface area contributed by atoms with Crippen LogP contribution in [-0.2, 0) is 11.2 Å². The van der Waals surface area contributed by atoms with Gasteiger partial charge in [0, 0.05) is 18.2 Å². The Labute approximate surface area is 128 Å². The van der Waals surface area contributed by atoms with Gasteiger partial charge in [-0.1, -0.05) is 30.3 Å². The molecule has 2 aromatic rings. The first kappa shape index (κ1) is 15.8. The van der Waals surface area contributed by atoms with E-state index in [0.29, 0.717) is 18.5 Å². The zero-order chi connectivity index (χ0) is 15.9. The Morgan fingerprint density at radius 2 is 2.05 bits per heavy atom. The number of hydrogen-bond donors (Lipinski definition) is 3. The molecule has 6 heteroatoms. The molecule has 6 nitrogen and oxygen atoms in total. The summed E-state index contributed by atoms with van der Waals surface area (Å²) in [4.78, 5) is 22.9. The number of benzene rings is 1. The molecule has 1 amide bonds. The largest absolute Gasteiger partial charge is 0.481 e. The Hall–Kier alpha value is -2.63. The van der Waals surface area contributed by atoms with Crippen LogP contribution >= 0.6 is 0 Å². The minimum absolute atomic E-state index is 0.0113. The zero-order valence-corrected chi connectivity index (χ0v) is 12.4. The van der Waals surface area contributed by atoms with Crippen LogP contribution < -0.4 is 5.32 Å². The Kier molecular flexibility index (Phi) is 5.30. The summed E-state index contributed by atoms with van der Waals surface area (Å²) in [6.45, 7) is 1.82. The maximum Gasteiger partial charge on any atom is 0.303 e. The summed E-state index contributed by atoms with van der Waals surface area (Å²) in [6, 6.07) is 11.1. The highest BCUT2D eigenvalue weighted by atomic mass is 16.4. The molecule has 1 unspecified atom stereocenters. The third-order valence-corrected chi connectivity index (χ3v) is 3.31. The average Bonchev–Trinajstić information content (AvgIpc) is 2.92. The van der Waals surface area contributed by atoms with Crippen LogP contribution in [0.2, 0.25) is 0 Å². The number of aliphatic carboxylic acids is 1. The molecule has 1 aromatic carbocycles. The number of amides is 1. The monoisotopic (exact) mass is 301 g/mol. The molecule has 0 radical (unpaired) electrons. The van der Waals surface area contributed by atoms with Gasteiger partial charge in [-0.3, -0.25) is 14.7 Å². The first-order valence-electron chi connectivity index (χ1n) is 7.13. The van der Waals surface area contributed by atoms with Crippen LogP contribution in [0.15, 0.2) is 36.4 Å². The maximum atomic E-state index is 12.2. The topological polar surface area (TPSA) is 95.1 Å². The fraction of sp³-hybridized carbons (Fsp3) is 0.312. The standard InChI is InChI=1S/C16H19N3O3/c1-11-9-14(19-18-11)16(22)17-13(7-8-15(20)21)10-12-5-3-2-4-6-12/h2-6,9,13H,7-8,10H2,1H3,(H,17,22)(H,18,19)(H,20,21). The number of carbonyl (C=O) groups is 2. The smallest absolute Gasteiger partial charge is 0.303 e. The fourth-order valence-electron chi connectivity index (χ4n) is 2.22. The number of carboxylic acid groups (broad SMARTS) is 1. The van der Waals surface area contributed by atoms with E-state index in [1.54, 1.807) is 6.07 Å². The van der Waals surface area contributed by atoms with Crippen LogP contribution in [0.3, 0.4) is 0 Å². The molecule has 1 aromatic heterocycles. The molecule has 0 fully saturated rings. The zero-order valence-electron chi connectivity index (χ0n) is 12.4. The summed E-state index contributed by atoms with van der Waals surface area (Å²) in [5.74, 6) is -1.17. The van der Waals surface area contributed by atoms with Crippen molar-refractivity contribution in [2.24, 2.45) is 0 Å². The van der Waals surface area contributed by atoms with E-state index in [1.165, 1.54) is 0 Å². The predicted octanol–water partition coefficient (Wildman–Crippen LogP) is 1.92. The van der Waals surface area contributed by atoms with Gasteiger partial charge in [-0.05, 0) is 31.4 Å². The van der Waals surface area contributed by atoms with Crippen molar-refractivity contribution < 1.29 is 14.7 Å². The van der Waals surface area contributed by atoms with Gasteiger partial charge < -0.3 is 10.4 Å². The lowest BCUT2D eigenvalue weighted by Crippen LogP contribution is -2.37. The van der Waals surface area contributed by atoms with Crippen LogP contribution in [0, 0.1) is 6.92 Å². The number of nitrogens with zero attached hydrogens (tertiary/aromatic N) is 1. The first-order chi connectivity index (χ1) is 10.5. The summed E-state index contributed by atoms with van der Waals surface area (Å²) in [7, 11) is 0. The van der Waals surface area contributed by atoms with Crippen molar-refractivity contribution in [3.8, 4) is 0 Å². The molecule has 2 rings (SSSR count). The predicted molar refractivity (Wildman–Crippen MR) is 81.6 cm³/mol. The molecule has 0 aliphatic rings. The third kappa shape index (κ3) is 4.73. The molecule has 0 saturated carbocycles. The van der Waals surface area contributed by atoms with Gasteiger partial charge in [0.05, 0.1) is 0 Å². The third-order valence-electron chi connectivity index (χ3n) is 3.31. The Morgan fingerprint density at radius 1 is 1.32 bits per heavy atom. The molecule has 0 aliphatic heterocycles. The number of rotatable bonds is 7. The van der Waals surface area contributed by atoms with Crippen molar-refractivity contribution in [3.05, 3.63) is 53.3 Å². The van der Waals surface area contributed by atoms with E-state index in [9.17, 15) is 9.59 Å². The molecule has 1 heterocycles. The van der Waals surface area contributed by atoms with Crippen molar-refractivity contribution in [1.82, 2.24) is 15.5 Å². The normalized spacial score (nSPS) is 11.9. The number of aromatic nitrogens is 2. The molecular weight excluding hydrogens is 282 g/mol. The molecule has 0 saturated heterocycles. The number of carbonyl (C=O) groups excluding carboxylic acids is 1. The minimum atomic E-state index is -0.872. The number of nitrogens with one attached hydrogen (secondary N) is 2. The van der Waals surface area contributed by atoms with E-state index in [2.05, 4.69) is 15.5 Å². The van der Waals surface area contributed by atoms with E-state index in [4.69, 9.17) is 5.11 Å². The van der Waals surface area contributed by atoms with Gasteiger partial charge in [0.15, 0.2) is 0 Å². The van der Waals surface area contributed by atoms with Gasteiger partial charge in [-0.15, -0.1) is 0 Å². The van der Waals surface area contributed by atoms with E-state index < -0.39 is 5.97 Å². The lowest BCUT2D eigenvalue weighted by Gasteiger charge is -2.17. The first-order valence-corrected chi connectivity index (χ1v) is 7.13. The van der Waals surface area contributed by atoms with Gasteiger partial charge in [-0.2, -0.15) is 5.10 Å². The second-order valence-corrected chi connectivity index (χ2v) is 5.23. The van der Waals surface area contributed by atoms with Crippen molar-refractivity contribution in [3.63, 3.8) is 0 Å². The van der Waals surface area contributed by atoms with E-state index in [-0.39, 0.29) is 18.4 Å². The summed E-state index contributed by atoms with van der Waals surface area (Å²) >= 11 is 0. The summed E-state index contributed by atoms with van der Waals surface area (Å²) < 4.78 is 0. The molecule has 0 spiro atoms. The molecule has 3 N–H and O–H groups in total. The Bertz CT molecular complexity index is 637. The molecule has 116 valence electrons. The number of H-pyrrole nitrogens is 1. The Morgan fingerprint density at radius 3 is 2.64 bits per heavy atom. The molecular formula is C16H19N3O3. The summed E-state index contributed by atoms with van der Waals surface area (Å²) in [5, 5.41) is 18.4. The van der Waals surface area contributed by atoms with Gasteiger partial charge in [0.2, 0.25) is 0 Å². The fourth-order valence-corrected chi connectivity index (χ4v) is 2.22. The second-order valence-electron chi connectivity index (χ2n) is 5.23. The highest BCUT2D eigenvalue weighted by molar-refractivity contribution is 5.92. The highest BCUT2D eigenvalue weighted by Gasteiger charge is 2.17. The van der Waals surface area contributed by atoms with Crippen LogP contribution in [0.5, 0.6) is 0 Å². The maximum absolute atomic E-state index is 12.2.